The van der Waals surface area contributed by atoms with E-state index in [2.05, 4.69) is 32.6 Å². The molecule has 0 spiro atoms. The standard InChI is InChI=1S/C17H36N2/c1-15(2)16-8-7-12-19(13-9-16)11-6-5-10-17(3,4)14-18/h15-16H,5-14,18H2,1-4H3. The minimum atomic E-state index is 0.335. The molecule has 19 heavy (non-hydrogen) atoms. The topological polar surface area (TPSA) is 29.3 Å². The zero-order valence-corrected chi connectivity index (χ0v) is 13.8. The minimum Gasteiger partial charge on any atom is -0.330 e. The summed E-state index contributed by atoms with van der Waals surface area (Å²) in [5.74, 6) is 1.83. The van der Waals surface area contributed by atoms with Crippen molar-refractivity contribution in [2.75, 3.05) is 26.2 Å². The van der Waals surface area contributed by atoms with Crippen LogP contribution in [0.1, 0.15) is 66.2 Å². The van der Waals surface area contributed by atoms with Gasteiger partial charge in [-0.3, -0.25) is 0 Å². The van der Waals surface area contributed by atoms with Gasteiger partial charge in [-0.25, -0.2) is 0 Å². The van der Waals surface area contributed by atoms with Gasteiger partial charge < -0.3 is 10.6 Å². The number of likely N-dealkylation sites (tertiary alicyclic amines) is 1. The molecule has 1 aliphatic heterocycles. The van der Waals surface area contributed by atoms with Crippen LogP contribution in [0.15, 0.2) is 0 Å². The maximum Gasteiger partial charge on any atom is -0.00160 e. The summed E-state index contributed by atoms with van der Waals surface area (Å²) < 4.78 is 0. The fourth-order valence-corrected chi connectivity index (χ4v) is 3.11. The van der Waals surface area contributed by atoms with Crippen molar-refractivity contribution in [3.05, 3.63) is 0 Å². The van der Waals surface area contributed by atoms with Crippen molar-refractivity contribution in [2.24, 2.45) is 23.0 Å². The van der Waals surface area contributed by atoms with Crippen molar-refractivity contribution in [3.63, 3.8) is 0 Å². The van der Waals surface area contributed by atoms with Crippen molar-refractivity contribution in [2.45, 2.75) is 66.2 Å². The lowest BCUT2D eigenvalue weighted by Crippen LogP contribution is -2.27. The van der Waals surface area contributed by atoms with Crippen LogP contribution in [0.4, 0.5) is 0 Å². The highest BCUT2D eigenvalue weighted by molar-refractivity contribution is 4.73. The normalized spacial score (nSPS) is 22.7. The number of hydrogen-bond donors (Lipinski definition) is 1. The van der Waals surface area contributed by atoms with Gasteiger partial charge in [0, 0.05) is 0 Å². The van der Waals surface area contributed by atoms with Crippen LogP contribution in [0.25, 0.3) is 0 Å². The molecule has 1 heterocycles. The number of hydrogen-bond acceptors (Lipinski definition) is 2. The van der Waals surface area contributed by atoms with Crippen LogP contribution in [0.2, 0.25) is 0 Å². The Kier molecular flexibility index (Phi) is 7.38. The smallest absolute Gasteiger partial charge is 0.00160 e. The molecule has 1 unspecified atom stereocenters. The third-order valence-electron chi connectivity index (χ3n) is 4.94. The summed E-state index contributed by atoms with van der Waals surface area (Å²) >= 11 is 0. The third-order valence-corrected chi connectivity index (χ3v) is 4.94. The predicted octanol–water partition coefficient (Wildman–Crippen LogP) is 3.90. The molecule has 114 valence electrons. The lowest BCUT2D eigenvalue weighted by Gasteiger charge is -2.24. The summed E-state index contributed by atoms with van der Waals surface area (Å²) in [6, 6.07) is 0. The maximum absolute atomic E-state index is 5.79. The van der Waals surface area contributed by atoms with Crippen LogP contribution in [0.5, 0.6) is 0 Å². The Labute approximate surface area is 121 Å². The predicted molar refractivity (Wildman–Crippen MR) is 85.3 cm³/mol. The largest absolute Gasteiger partial charge is 0.330 e. The van der Waals surface area contributed by atoms with Crippen molar-refractivity contribution < 1.29 is 0 Å². The van der Waals surface area contributed by atoms with Gasteiger partial charge in [0.05, 0.1) is 0 Å². The molecule has 0 amide bonds. The summed E-state index contributed by atoms with van der Waals surface area (Å²) in [6.45, 7) is 14.1. The molecule has 2 nitrogen and oxygen atoms in total. The molecule has 0 radical (unpaired) electrons. The Morgan fingerprint density at radius 3 is 2.53 bits per heavy atom. The molecule has 2 heteroatoms. The van der Waals surface area contributed by atoms with Crippen LogP contribution in [0, 0.1) is 17.3 Å². The van der Waals surface area contributed by atoms with Gasteiger partial charge >= 0.3 is 0 Å². The van der Waals surface area contributed by atoms with E-state index in [1.54, 1.807) is 0 Å². The van der Waals surface area contributed by atoms with Crippen molar-refractivity contribution in [3.8, 4) is 0 Å². The molecule has 0 aromatic heterocycles. The molecule has 2 N–H and O–H groups in total. The number of rotatable bonds is 7. The Balaban J connectivity index is 2.16. The highest BCUT2D eigenvalue weighted by Crippen LogP contribution is 2.25. The van der Waals surface area contributed by atoms with Crippen molar-refractivity contribution in [1.29, 1.82) is 0 Å². The van der Waals surface area contributed by atoms with E-state index in [9.17, 15) is 0 Å². The number of nitrogens with two attached hydrogens (primary N) is 1. The molecular weight excluding hydrogens is 232 g/mol. The maximum atomic E-state index is 5.79. The first-order chi connectivity index (χ1) is 8.94. The molecule has 0 aromatic rings. The summed E-state index contributed by atoms with van der Waals surface area (Å²) in [4.78, 5) is 2.69. The lowest BCUT2D eigenvalue weighted by molar-refractivity contribution is 0.255. The molecule has 1 atom stereocenters. The van der Waals surface area contributed by atoms with Gasteiger partial charge in [-0.15, -0.1) is 0 Å². The second-order valence-corrected chi connectivity index (χ2v) is 7.60. The Morgan fingerprint density at radius 1 is 1.16 bits per heavy atom. The van der Waals surface area contributed by atoms with E-state index < -0.39 is 0 Å². The summed E-state index contributed by atoms with van der Waals surface area (Å²) in [5.41, 5.74) is 6.12. The highest BCUT2D eigenvalue weighted by Gasteiger charge is 2.19. The average molecular weight is 268 g/mol. The molecule has 1 fully saturated rings. The van der Waals surface area contributed by atoms with Crippen LogP contribution in [-0.2, 0) is 0 Å². The van der Waals surface area contributed by atoms with Crippen molar-refractivity contribution >= 4 is 0 Å². The first-order valence-electron chi connectivity index (χ1n) is 8.37. The average Bonchev–Trinajstić information content (AvgIpc) is 2.60. The molecule has 0 aromatic carbocycles. The van der Waals surface area contributed by atoms with Crippen LogP contribution >= 0.6 is 0 Å². The summed E-state index contributed by atoms with van der Waals surface area (Å²) in [7, 11) is 0. The molecule has 1 aliphatic rings. The van der Waals surface area contributed by atoms with Crippen LogP contribution in [-0.4, -0.2) is 31.1 Å². The number of unbranched alkanes of at least 4 members (excludes halogenated alkanes) is 1. The van der Waals surface area contributed by atoms with Crippen LogP contribution < -0.4 is 5.73 Å². The van der Waals surface area contributed by atoms with Gasteiger partial charge in [0.1, 0.15) is 0 Å². The van der Waals surface area contributed by atoms with Gasteiger partial charge in [-0.05, 0) is 75.5 Å². The molecule has 0 aliphatic carbocycles. The van der Waals surface area contributed by atoms with Gasteiger partial charge in [0.15, 0.2) is 0 Å². The monoisotopic (exact) mass is 268 g/mol. The first kappa shape index (κ1) is 17.0. The van der Waals surface area contributed by atoms with Gasteiger partial charge in [-0.2, -0.15) is 0 Å². The van der Waals surface area contributed by atoms with E-state index in [0.717, 1.165) is 18.4 Å². The molecule has 1 rings (SSSR count). The van der Waals surface area contributed by atoms with Gasteiger partial charge in [0.25, 0.3) is 0 Å². The fourth-order valence-electron chi connectivity index (χ4n) is 3.11. The van der Waals surface area contributed by atoms with Gasteiger partial charge in [-0.1, -0.05) is 34.1 Å². The van der Waals surface area contributed by atoms with Crippen molar-refractivity contribution in [1.82, 2.24) is 4.90 Å². The Hall–Kier alpha value is -0.0800. The van der Waals surface area contributed by atoms with E-state index in [-0.39, 0.29) is 0 Å². The Morgan fingerprint density at radius 2 is 1.89 bits per heavy atom. The highest BCUT2D eigenvalue weighted by atomic mass is 15.1. The van der Waals surface area contributed by atoms with E-state index >= 15 is 0 Å². The van der Waals surface area contributed by atoms with Gasteiger partial charge in [0.2, 0.25) is 0 Å². The molecule has 0 bridgehead atoms. The molecule has 1 saturated heterocycles. The summed E-state index contributed by atoms with van der Waals surface area (Å²) in [5, 5.41) is 0. The fraction of sp³-hybridized carbons (Fsp3) is 1.00. The Bertz CT molecular complexity index is 235. The zero-order valence-electron chi connectivity index (χ0n) is 13.8. The van der Waals surface area contributed by atoms with E-state index in [1.807, 2.05) is 0 Å². The molecule has 0 saturated carbocycles. The lowest BCUT2D eigenvalue weighted by atomic mass is 9.87. The second-order valence-electron chi connectivity index (χ2n) is 7.60. The molecular formula is C17H36N2. The SMILES string of the molecule is CC(C)C1CCCN(CCCCC(C)(C)CN)CC1. The summed E-state index contributed by atoms with van der Waals surface area (Å²) in [6.07, 6.45) is 8.19. The third kappa shape index (κ3) is 6.76. The quantitative estimate of drug-likeness (QED) is 0.710. The van der Waals surface area contributed by atoms with E-state index in [4.69, 9.17) is 5.73 Å². The second kappa shape index (κ2) is 8.26. The number of nitrogens with zero attached hydrogens (tertiary/aromatic N) is 1. The van der Waals surface area contributed by atoms with E-state index in [1.165, 1.54) is 58.2 Å². The van der Waals surface area contributed by atoms with E-state index in [0.29, 0.717) is 5.41 Å². The zero-order chi connectivity index (χ0) is 14.3. The van der Waals surface area contributed by atoms with Crippen LogP contribution in [0.3, 0.4) is 0 Å². The first-order valence-corrected chi connectivity index (χ1v) is 8.37. The minimum absolute atomic E-state index is 0.335.